The van der Waals surface area contributed by atoms with Gasteiger partial charge in [0, 0.05) is 30.8 Å². The number of nitrogens with zero attached hydrogens (tertiary/aromatic N) is 1. The third kappa shape index (κ3) is 4.74. The second kappa shape index (κ2) is 8.21. The minimum absolute atomic E-state index is 0.0943. The number of amides is 3. The monoisotopic (exact) mass is 372 g/mol. The topological polar surface area (TPSA) is 73.5 Å². The highest BCUT2D eigenvalue weighted by atomic mass is 35.5. The molecule has 1 atom stereocenters. The van der Waals surface area contributed by atoms with E-state index in [4.69, 9.17) is 11.6 Å². The number of rotatable bonds is 4. The van der Waals surface area contributed by atoms with Crippen LogP contribution in [0.1, 0.15) is 17.2 Å². The van der Waals surface area contributed by atoms with E-state index in [1.165, 1.54) is 0 Å². The Morgan fingerprint density at radius 3 is 2.54 bits per heavy atom. The quantitative estimate of drug-likeness (QED) is 0.772. The van der Waals surface area contributed by atoms with Gasteiger partial charge in [-0.05, 0) is 35.4 Å². The molecule has 3 amide bonds. The molecule has 0 saturated carbocycles. The van der Waals surface area contributed by atoms with Crippen LogP contribution in [0, 0.1) is 0 Å². The van der Waals surface area contributed by atoms with Crippen LogP contribution in [0.5, 0.6) is 0 Å². The van der Waals surface area contributed by atoms with Gasteiger partial charge in [-0.1, -0.05) is 35.9 Å². The van der Waals surface area contributed by atoms with E-state index in [9.17, 15) is 9.59 Å². The fourth-order valence-electron chi connectivity index (χ4n) is 2.77. The van der Waals surface area contributed by atoms with Crippen molar-refractivity contribution in [2.24, 2.45) is 0 Å². The molecule has 6 nitrogen and oxygen atoms in total. The van der Waals surface area contributed by atoms with E-state index in [1.807, 2.05) is 36.4 Å². The molecule has 26 heavy (non-hydrogen) atoms. The fraction of sp³-hybridized carbons (Fsp3) is 0.263. The SMILES string of the molecule is CN1C[C@H](c2ccc(NC(=O)NCc3ccc(Cl)cc3)cc2)NCC1=O. The summed E-state index contributed by atoms with van der Waals surface area (Å²) in [6.07, 6.45) is 0. The number of halogens is 1. The summed E-state index contributed by atoms with van der Waals surface area (Å²) >= 11 is 5.84. The standard InChI is InChI=1S/C19H21ClN4O2/c1-24-12-17(21-11-18(24)25)14-4-8-16(9-5-14)23-19(26)22-10-13-2-6-15(20)7-3-13/h2-9,17,21H,10-12H2,1H3,(H2,22,23,26)/t17-/m1/s1. The van der Waals surface area contributed by atoms with Gasteiger partial charge in [0.05, 0.1) is 12.6 Å². The first-order chi connectivity index (χ1) is 12.5. The van der Waals surface area contributed by atoms with Gasteiger partial charge >= 0.3 is 6.03 Å². The number of carbonyl (C=O) groups is 2. The van der Waals surface area contributed by atoms with E-state index >= 15 is 0 Å². The predicted octanol–water partition coefficient (Wildman–Crippen LogP) is 2.76. The second-order valence-electron chi connectivity index (χ2n) is 6.26. The van der Waals surface area contributed by atoms with Gasteiger partial charge in [-0.2, -0.15) is 0 Å². The molecule has 3 N–H and O–H groups in total. The van der Waals surface area contributed by atoms with Gasteiger partial charge in [0.2, 0.25) is 5.91 Å². The van der Waals surface area contributed by atoms with E-state index in [0.29, 0.717) is 30.3 Å². The Labute approximate surface area is 157 Å². The molecule has 7 heteroatoms. The molecule has 2 aromatic rings. The van der Waals surface area contributed by atoms with E-state index in [1.54, 1.807) is 24.1 Å². The van der Waals surface area contributed by atoms with Gasteiger partial charge < -0.3 is 15.5 Å². The van der Waals surface area contributed by atoms with Gasteiger partial charge in [-0.3, -0.25) is 10.1 Å². The lowest BCUT2D eigenvalue weighted by molar-refractivity contribution is -0.131. The minimum Gasteiger partial charge on any atom is -0.343 e. The molecule has 1 saturated heterocycles. The summed E-state index contributed by atoms with van der Waals surface area (Å²) < 4.78 is 0. The predicted molar refractivity (Wildman–Crippen MR) is 102 cm³/mol. The highest BCUT2D eigenvalue weighted by Gasteiger charge is 2.23. The van der Waals surface area contributed by atoms with Gasteiger partial charge in [0.1, 0.15) is 0 Å². The molecule has 0 spiro atoms. The van der Waals surface area contributed by atoms with Crippen LogP contribution in [0.25, 0.3) is 0 Å². The van der Waals surface area contributed by atoms with Gasteiger partial charge in [0.25, 0.3) is 0 Å². The van der Waals surface area contributed by atoms with Crippen molar-refractivity contribution in [3.63, 3.8) is 0 Å². The molecule has 1 aliphatic rings. The van der Waals surface area contributed by atoms with Crippen molar-refractivity contribution in [3.05, 3.63) is 64.7 Å². The molecular weight excluding hydrogens is 352 g/mol. The summed E-state index contributed by atoms with van der Waals surface area (Å²) in [7, 11) is 1.80. The lowest BCUT2D eigenvalue weighted by Gasteiger charge is -2.31. The fourth-order valence-corrected chi connectivity index (χ4v) is 2.89. The summed E-state index contributed by atoms with van der Waals surface area (Å²) in [6.45, 7) is 1.40. The zero-order valence-corrected chi connectivity index (χ0v) is 15.2. The van der Waals surface area contributed by atoms with E-state index in [0.717, 1.165) is 11.1 Å². The number of hydrogen-bond donors (Lipinski definition) is 3. The van der Waals surface area contributed by atoms with Crippen molar-refractivity contribution >= 4 is 29.2 Å². The van der Waals surface area contributed by atoms with Crippen molar-refractivity contribution in [2.75, 3.05) is 25.5 Å². The maximum Gasteiger partial charge on any atom is 0.319 e. The van der Waals surface area contributed by atoms with Gasteiger partial charge in [-0.25, -0.2) is 4.79 Å². The third-order valence-electron chi connectivity index (χ3n) is 4.32. The molecule has 0 unspecified atom stereocenters. The minimum atomic E-state index is -0.270. The first-order valence-corrected chi connectivity index (χ1v) is 8.75. The normalized spacial score (nSPS) is 17.1. The average molecular weight is 373 g/mol. The van der Waals surface area contributed by atoms with E-state index < -0.39 is 0 Å². The molecule has 0 aromatic heterocycles. The smallest absolute Gasteiger partial charge is 0.319 e. The lowest BCUT2D eigenvalue weighted by Crippen LogP contribution is -2.47. The van der Waals surface area contributed by atoms with Crippen LogP contribution in [0.15, 0.2) is 48.5 Å². The number of piperazine rings is 1. The van der Waals surface area contributed by atoms with E-state index in [-0.39, 0.29) is 18.0 Å². The summed E-state index contributed by atoms with van der Waals surface area (Å²) in [5.41, 5.74) is 2.76. The summed E-state index contributed by atoms with van der Waals surface area (Å²) in [4.78, 5) is 25.3. The van der Waals surface area contributed by atoms with Crippen LogP contribution in [0.4, 0.5) is 10.5 Å². The number of carbonyl (C=O) groups excluding carboxylic acids is 2. The number of urea groups is 1. The summed E-state index contributed by atoms with van der Waals surface area (Å²) in [6, 6.07) is 14.8. The Morgan fingerprint density at radius 2 is 1.88 bits per heavy atom. The molecule has 0 bridgehead atoms. The van der Waals surface area contributed by atoms with Crippen LogP contribution in [0.3, 0.4) is 0 Å². The van der Waals surface area contributed by atoms with Crippen LogP contribution >= 0.6 is 11.6 Å². The molecule has 1 heterocycles. The molecule has 136 valence electrons. The van der Waals surface area contributed by atoms with Crippen LogP contribution in [-0.4, -0.2) is 37.0 Å². The lowest BCUT2D eigenvalue weighted by atomic mass is 10.0. The van der Waals surface area contributed by atoms with Crippen molar-refractivity contribution < 1.29 is 9.59 Å². The van der Waals surface area contributed by atoms with Crippen molar-refractivity contribution in [2.45, 2.75) is 12.6 Å². The Kier molecular flexibility index (Phi) is 5.75. The number of likely N-dealkylation sites (N-methyl/N-ethyl adjacent to an activating group) is 1. The Morgan fingerprint density at radius 1 is 1.19 bits per heavy atom. The van der Waals surface area contributed by atoms with Crippen LogP contribution in [0.2, 0.25) is 5.02 Å². The zero-order chi connectivity index (χ0) is 18.5. The number of nitrogens with one attached hydrogen (secondary N) is 3. The molecular formula is C19H21ClN4O2. The number of anilines is 1. The highest BCUT2D eigenvalue weighted by Crippen LogP contribution is 2.19. The maximum absolute atomic E-state index is 12.0. The Bertz CT molecular complexity index is 777. The summed E-state index contributed by atoms with van der Waals surface area (Å²) in [5.74, 6) is 0.0943. The Balaban J connectivity index is 1.51. The second-order valence-corrected chi connectivity index (χ2v) is 6.70. The van der Waals surface area contributed by atoms with E-state index in [2.05, 4.69) is 16.0 Å². The average Bonchev–Trinajstić information content (AvgIpc) is 2.64. The summed E-state index contributed by atoms with van der Waals surface area (Å²) in [5, 5.41) is 9.50. The van der Waals surface area contributed by atoms with Gasteiger partial charge in [-0.15, -0.1) is 0 Å². The largest absolute Gasteiger partial charge is 0.343 e. The molecule has 3 rings (SSSR count). The van der Waals surface area contributed by atoms with Crippen LogP contribution < -0.4 is 16.0 Å². The zero-order valence-electron chi connectivity index (χ0n) is 14.5. The molecule has 2 aromatic carbocycles. The van der Waals surface area contributed by atoms with Crippen LogP contribution in [-0.2, 0) is 11.3 Å². The molecule has 0 aliphatic carbocycles. The van der Waals surface area contributed by atoms with Crippen molar-refractivity contribution in [1.29, 1.82) is 0 Å². The number of benzene rings is 2. The highest BCUT2D eigenvalue weighted by molar-refractivity contribution is 6.30. The first-order valence-electron chi connectivity index (χ1n) is 8.38. The van der Waals surface area contributed by atoms with Crippen molar-refractivity contribution in [1.82, 2.24) is 15.5 Å². The molecule has 1 aliphatic heterocycles. The number of hydrogen-bond acceptors (Lipinski definition) is 3. The Hall–Kier alpha value is -2.57. The third-order valence-corrected chi connectivity index (χ3v) is 4.57. The molecule has 1 fully saturated rings. The maximum atomic E-state index is 12.0. The van der Waals surface area contributed by atoms with Crippen molar-refractivity contribution in [3.8, 4) is 0 Å². The first kappa shape index (κ1) is 18.2. The van der Waals surface area contributed by atoms with Gasteiger partial charge in [0.15, 0.2) is 0 Å². The molecule has 0 radical (unpaired) electrons.